The van der Waals surface area contributed by atoms with E-state index in [1.54, 1.807) is 15.5 Å². The standard InChI is InChI=1S/C26H29F2N7O4S2/c1-25(2,37)23(36)34-10-6-14(7-11-34)19-18-16-5-4-15(41(38,39)33-26(3)8-9-26)12-17(16)35(21(18)30-13-29-19)24-32-31-22(40-24)20(27)28/h4-5,12-14,20,33,37H,6-11H2,1-3H3. The first-order valence-electron chi connectivity index (χ1n) is 13.2. The minimum Gasteiger partial charge on any atom is -0.381 e. The number of hydrogen-bond donors (Lipinski definition) is 2. The van der Waals surface area contributed by atoms with Crippen LogP contribution in [0.1, 0.15) is 69.5 Å². The van der Waals surface area contributed by atoms with Crippen LogP contribution in [0.4, 0.5) is 8.78 Å². The van der Waals surface area contributed by atoms with E-state index in [9.17, 15) is 27.1 Å². The van der Waals surface area contributed by atoms with Gasteiger partial charge in [0.25, 0.3) is 12.3 Å². The molecule has 1 aliphatic heterocycles. The van der Waals surface area contributed by atoms with Gasteiger partial charge in [0.1, 0.15) is 11.9 Å². The second-order valence-corrected chi connectivity index (χ2v) is 14.2. The van der Waals surface area contributed by atoms with Crippen LogP contribution in [0.15, 0.2) is 29.4 Å². The molecule has 0 bridgehead atoms. The number of alkyl halides is 2. The molecule has 4 aromatic rings. The predicted molar refractivity (Wildman–Crippen MR) is 148 cm³/mol. The minimum atomic E-state index is -3.86. The molecule has 41 heavy (non-hydrogen) atoms. The maximum atomic E-state index is 13.4. The number of amides is 1. The van der Waals surface area contributed by atoms with Crippen LogP contribution in [-0.4, -0.2) is 73.3 Å². The fraction of sp³-hybridized carbons (Fsp3) is 0.500. The maximum absolute atomic E-state index is 13.4. The third-order valence-electron chi connectivity index (χ3n) is 7.74. The number of benzene rings is 1. The lowest BCUT2D eigenvalue weighted by Gasteiger charge is -2.35. The van der Waals surface area contributed by atoms with Gasteiger partial charge in [0.05, 0.1) is 16.1 Å². The van der Waals surface area contributed by atoms with E-state index in [1.165, 1.54) is 32.3 Å². The Balaban J connectivity index is 1.48. The molecule has 11 nitrogen and oxygen atoms in total. The fourth-order valence-electron chi connectivity index (χ4n) is 5.33. The van der Waals surface area contributed by atoms with Gasteiger partial charge in [-0.25, -0.2) is 31.9 Å². The summed E-state index contributed by atoms with van der Waals surface area (Å²) in [6, 6.07) is 4.71. The topological polar surface area (TPSA) is 143 Å². The zero-order valence-corrected chi connectivity index (χ0v) is 24.3. The van der Waals surface area contributed by atoms with Crippen LogP contribution >= 0.6 is 11.3 Å². The van der Waals surface area contributed by atoms with Crippen LogP contribution in [-0.2, 0) is 14.8 Å². The molecule has 0 spiro atoms. The summed E-state index contributed by atoms with van der Waals surface area (Å²) in [7, 11) is -3.86. The van der Waals surface area contributed by atoms with Gasteiger partial charge in [-0.1, -0.05) is 17.4 Å². The number of carbonyl (C=O) groups is 1. The van der Waals surface area contributed by atoms with Crippen molar-refractivity contribution in [3.63, 3.8) is 0 Å². The summed E-state index contributed by atoms with van der Waals surface area (Å²) in [5, 5.41) is 18.8. The van der Waals surface area contributed by atoms with Crippen LogP contribution in [0.3, 0.4) is 0 Å². The van der Waals surface area contributed by atoms with Gasteiger partial charge in [-0.05, 0) is 58.6 Å². The van der Waals surface area contributed by atoms with Crippen molar-refractivity contribution in [1.29, 1.82) is 0 Å². The number of piperidine rings is 1. The Morgan fingerprint density at radius 2 is 1.90 bits per heavy atom. The Labute approximate surface area is 238 Å². The van der Waals surface area contributed by atoms with Crippen molar-refractivity contribution >= 4 is 49.2 Å². The minimum absolute atomic E-state index is 0.0359. The van der Waals surface area contributed by atoms with Crippen molar-refractivity contribution in [3.05, 3.63) is 35.2 Å². The predicted octanol–water partition coefficient (Wildman–Crippen LogP) is 3.67. The molecule has 218 valence electrons. The van der Waals surface area contributed by atoms with Gasteiger partial charge in [-0.2, -0.15) is 0 Å². The highest BCUT2D eigenvalue weighted by atomic mass is 32.2. The monoisotopic (exact) mass is 605 g/mol. The first kappa shape index (κ1) is 28.0. The third-order valence-corrected chi connectivity index (χ3v) is 10.3. The van der Waals surface area contributed by atoms with E-state index < -0.39 is 32.6 Å². The Hall–Kier alpha value is -3.14. The quantitative estimate of drug-likeness (QED) is 0.325. The molecule has 15 heteroatoms. The summed E-state index contributed by atoms with van der Waals surface area (Å²) in [6.45, 7) is 5.63. The maximum Gasteiger partial charge on any atom is 0.291 e. The number of likely N-dealkylation sites (tertiary alicyclic amines) is 1. The third kappa shape index (κ3) is 5.08. The Kier molecular flexibility index (Phi) is 6.63. The molecular weight excluding hydrogens is 576 g/mol. The Morgan fingerprint density at radius 1 is 1.20 bits per heavy atom. The van der Waals surface area contributed by atoms with Crippen molar-refractivity contribution in [2.45, 2.75) is 74.8 Å². The van der Waals surface area contributed by atoms with Gasteiger partial charge in [-0.3, -0.25) is 9.36 Å². The van der Waals surface area contributed by atoms with E-state index in [-0.39, 0.29) is 21.9 Å². The largest absolute Gasteiger partial charge is 0.381 e. The number of carbonyl (C=O) groups excluding carboxylic acids is 1. The average molecular weight is 606 g/mol. The molecule has 1 amide bonds. The summed E-state index contributed by atoms with van der Waals surface area (Å²) >= 11 is 0.706. The van der Waals surface area contributed by atoms with E-state index in [2.05, 4.69) is 24.9 Å². The lowest BCUT2D eigenvalue weighted by molar-refractivity contribution is -0.148. The van der Waals surface area contributed by atoms with E-state index in [1.807, 2.05) is 6.92 Å². The van der Waals surface area contributed by atoms with Crippen molar-refractivity contribution in [3.8, 4) is 5.13 Å². The number of hydrogen-bond acceptors (Lipinski definition) is 9. The molecule has 1 saturated heterocycles. The second kappa shape index (κ2) is 9.71. The Morgan fingerprint density at radius 3 is 2.51 bits per heavy atom. The molecule has 0 radical (unpaired) electrons. The second-order valence-electron chi connectivity index (χ2n) is 11.5. The number of aromatic nitrogens is 5. The summed E-state index contributed by atoms with van der Waals surface area (Å²) in [5.74, 6) is -0.398. The summed E-state index contributed by atoms with van der Waals surface area (Å²) in [5.41, 5.74) is -0.408. The highest BCUT2D eigenvalue weighted by molar-refractivity contribution is 7.89. The summed E-state index contributed by atoms with van der Waals surface area (Å²) in [6.07, 6.45) is 1.25. The van der Waals surface area contributed by atoms with Crippen LogP contribution in [0, 0.1) is 0 Å². The molecule has 2 N–H and O–H groups in total. The van der Waals surface area contributed by atoms with Gasteiger partial charge in [0, 0.05) is 35.3 Å². The van der Waals surface area contributed by atoms with Gasteiger partial charge >= 0.3 is 0 Å². The molecular formula is C26H29F2N7O4S2. The van der Waals surface area contributed by atoms with Crippen LogP contribution in [0.2, 0.25) is 0 Å². The zero-order chi connectivity index (χ0) is 29.3. The van der Waals surface area contributed by atoms with Gasteiger partial charge < -0.3 is 10.0 Å². The van der Waals surface area contributed by atoms with Gasteiger partial charge in [0.15, 0.2) is 10.7 Å². The molecule has 0 unspecified atom stereocenters. The lowest BCUT2D eigenvalue weighted by atomic mass is 9.90. The number of halogens is 2. The van der Waals surface area contributed by atoms with Crippen molar-refractivity contribution in [2.75, 3.05) is 13.1 Å². The number of nitrogens with one attached hydrogen (secondary N) is 1. The molecule has 3 aromatic heterocycles. The SMILES string of the molecule is CC1(NS(=O)(=O)c2ccc3c4c(C5CCN(C(=O)C(C)(C)O)CC5)ncnc4n(-c4nnc(C(F)F)s4)c3c2)CC1. The number of aliphatic hydroxyl groups is 1. The molecule has 0 atom stereocenters. The smallest absolute Gasteiger partial charge is 0.291 e. The first-order chi connectivity index (χ1) is 19.3. The molecule has 2 aliphatic rings. The van der Waals surface area contributed by atoms with Crippen LogP contribution in [0.25, 0.3) is 27.1 Å². The van der Waals surface area contributed by atoms with Gasteiger partial charge in [-0.15, -0.1) is 10.2 Å². The number of fused-ring (bicyclic) bond motifs is 3. The van der Waals surface area contributed by atoms with Gasteiger partial charge in [0.2, 0.25) is 15.2 Å². The van der Waals surface area contributed by atoms with E-state index >= 15 is 0 Å². The van der Waals surface area contributed by atoms with Crippen LogP contribution in [0.5, 0.6) is 0 Å². The first-order valence-corrected chi connectivity index (χ1v) is 15.5. The normalized spacial score (nSPS) is 18.1. The van der Waals surface area contributed by atoms with E-state index in [0.717, 1.165) is 12.8 Å². The van der Waals surface area contributed by atoms with Crippen LogP contribution < -0.4 is 4.72 Å². The molecule has 1 saturated carbocycles. The Bertz CT molecular complexity index is 1770. The summed E-state index contributed by atoms with van der Waals surface area (Å²) < 4.78 is 57.7. The lowest BCUT2D eigenvalue weighted by Crippen LogP contribution is -2.48. The van der Waals surface area contributed by atoms with Crippen molar-refractivity contribution in [1.82, 2.24) is 34.4 Å². The molecule has 1 aliphatic carbocycles. The highest BCUT2D eigenvalue weighted by Crippen LogP contribution is 2.41. The number of rotatable bonds is 7. The van der Waals surface area contributed by atoms with E-state index in [4.69, 9.17) is 0 Å². The zero-order valence-electron chi connectivity index (χ0n) is 22.6. The fourth-order valence-corrected chi connectivity index (χ4v) is 7.53. The molecule has 2 fully saturated rings. The van der Waals surface area contributed by atoms with Crippen molar-refractivity contribution < 1.29 is 27.1 Å². The molecule has 1 aromatic carbocycles. The molecule has 6 rings (SSSR count). The molecule has 4 heterocycles. The highest BCUT2D eigenvalue weighted by Gasteiger charge is 2.41. The van der Waals surface area contributed by atoms with E-state index in [0.29, 0.717) is 64.9 Å². The summed E-state index contributed by atoms with van der Waals surface area (Å²) in [4.78, 5) is 23.4. The average Bonchev–Trinajstić information content (AvgIpc) is 3.31. The van der Waals surface area contributed by atoms with Crippen molar-refractivity contribution in [2.24, 2.45) is 0 Å². The number of nitrogens with zero attached hydrogens (tertiary/aromatic N) is 6. The number of sulfonamides is 1.